The van der Waals surface area contributed by atoms with Crippen molar-refractivity contribution in [2.45, 2.75) is 57.7 Å². The highest BCUT2D eigenvalue weighted by molar-refractivity contribution is 7.50. The highest BCUT2D eigenvalue weighted by atomic mass is 31.2. The third-order valence-electron chi connectivity index (χ3n) is 6.15. The van der Waals surface area contributed by atoms with Gasteiger partial charge in [0.25, 0.3) is 0 Å². The molecule has 0 amide bonds. The SMILES string of the molecule is O=P12Oc3c(O)c(CO)c(c(C(O)CNCCCCCCOCCCCc4ccccc4)c3O1)O2. The zero-order valence-electron chi connectivity index (χ0n) is 19.8. The van der Waals surface area contributed by atoms with Crippen molar-refractivity contribution >= 4 is 7.82 Å². The van der Waals surface area contributed by atoms with Gasteiger partial charge in [0.05, 0.1) is 23.8 Å². The number of ether oxygens (including phenoxy) is 1. The molecule has 192 valence electrons. The van der Waals surface area contributed by atoms with E-state index in [-0.39, 0.29) is 40.7 Å². The van der Waals surface area contributed by atoms with Crippen molar-refractivity contribution in [3.8, 4) is 23.0 Å². The van der Waals surface area contributed by atoms with Crippen LogP contribution in [0.25, 0.3) is 0 Å². The van der Waals surface area contributed by atoms with Gasteiger partial charge in [0.1, 0.15) is 0 Å². The molecule has 4 rings (SSSR count). The molecule has 0 radical (unpaired) electrons. The maximum absolute atomic E-state index is 12.3. The number of hydrogen-bond acceptors (Lipinski definition) is 9. The first-order chi connectivity index (χ1) is 17.0. The maximum Gasteiger partial charge on any atom is 0.647 e. The molecule has 2 aromatic carbocycles. The number of phenols is 1. The molecule has 4 N–H and O–H groups in total. The lowest BCUT2D eigenvalue weighted by molar-refractivity contribution is 0.126. The fourth-order valence-electron chi connectivity index (χ4n) is 4.29. The summed E-state index contributed by atoms with van der Waals surface area (Å²) >= 11 is 0. The highest BCUT2D eigenvalue weighted by Gasteiger charge is 2.52. The van der Waals surface area contributed by atoms with Crippen LogP contribution in [-0.2, 0) is 22.3 Å². The maximum atomic E-state index is 12.3. The molecule has 0 saturated heterocycles. The summed E-state index contributed by atoms with van der Waals surface area (Å²) in [7, 11) is -3.89. The molecule has 2 aliphatic rings. The molecular weight excluding hydrogens is 473 g/mol. The van der Waals surface area contributed by atoms with E-state index in [1.807, 2.05) is 6.07 Å². The Kier molecular flexibility index (Phi) is 8.92. The van der Waals surface area contributed by atoms with E-state index in [1.54, 1.807) is 0 Å². The molecule has 2 atom stereocenters. The normalized spacial score (nSPS) is 18.2. The number of benzene rings is 2. The second-order valence-electron chi connectivity index (χ2n) is 8.80. The van der Waals surface area contributed by atoms with Gasteiger partial charge in [-0.3, -0.25) is 0 Å². The third-order valence-corrected chi connectivity index (χ3v) is 7.37. The predicted molar refractivity (Wildman–Crippen MR) is 130 cm³/mol. The van der Waals surface area contributed by atoms with Crippen molar-refractivity contribution < 1.29 is 38.2 Å². The summed E-state index contributed by atoms with van der Waals surface area (Å²) in [6, 6.07) is 10.5. The number of unbranched alkanes of at least 4 members (excludes halogenated alkanes) is 4. The van der Waals surface area contributed by atoms with Gasteiger partial charge in [0.2, 0.25) is 5.75 Å². The molecule has 2 unspecified atom stereocenters. The zero-order valence-corrected chi connectivity index (χ0v) is 20.7. The quantitative estimate of drug-likeness (QED) is 0.193. The average molecular weight is 508 g/mol. The van der Waals surface area contributed by atoms with Crippen molar-refractivity contribution in [2.75, 3.05) is 26.3 Å². The summed E-state index contributed by atoms with van der Waals surface area (Å²) in [5.74, 6) is -0.567. The standard InChI is InChI=1S/C25H34NO8P/c27-17-19-22(29)25-24-21(23(19)32-35(30,33-24)34-25)20(28)16-26-13-7-1-2-8-14-31-15-9-6-12-18-10-4-3-5-11-18/h3-5,10-11,20,26-29H,1-2,6-9,12-17H2. The highest BCUT2D eigenvalue weighted by Crippen LogP contribution is 2.70. The molecule has 2 aliphatic heterocycles. The molecule has 0 aromatic heterocycles. The summed E-state index contributed by atoms with van der Waals surface area (Å²) in [5.41, 5.74) is 1.62. The third kappa shape index (κ3) is 6.29. The molecule has 2 heterocycles. The molecule has 2 aromatic rings. The number of phosphoric acid groups is 1. The van der Waals surface area contributed by atoms with Gasteiger partial charge < -0.3 is 38.9 Å². The lowest BCUT2D eigenvalue weighted by Gasteiger charge is -2.23. The van der Waals surface area contributed by atoms with Crippen molar-refractivity contribution in [3.63, 3.8) is 0 Å². The number of hydrogen-bond donors (Lipinski definition) is 4. The summed E-state index contributed by atoms with van der Waals surface area (Å²) < 4.78 is 33.7. The van der Waals surface area contributed by atoms with Crippen LogP contribution in [0.5, 0.6) is 23.0 Å². The van der Waals surface area contributed by atoms with Gasteiger partial charge in [-0.05, 0) is 44.2 Å². The first kappa shape index (κ1) is 25.8. The summed E-state index contributed by atoms with van der Waals surface area (Å²) in [5, 5.41) is 33.6. The topological polar surface area (TPSA) is 127 Å². The van der Waals surface area contributed by atoms with Gasteiger partial charge in [0, 0.05) is 19.8 Å². The summed E-state index contributed by atoms with van der Waals surface area (Å²) in [6.45, 7) is 1.96. The Morgan fingerprint density at radius 1 is 0.914 bits per heavy atom. The smallest absolute Gasteiger partial charge is 0.504 e. The minimum atomic E-state index is -3.89. The van der Waals surface area contributed by atoms with E-state index in [1.165, 1.54) is 5.56 Å². The largest absolute Gasteiger partial charge is 0.647 e. The van der Waals surface area contributed by atoms with E-state index in [4.69, 9.17) is 18.3 Å². The lowest BCUT2D eigenvalue weighted by atomic mass is 10.0. The van der Waals surface area contributed by atoms with Gasteiger partial charge in [-0.15, -0.1) is 0 Å². The van der Waals surface area contributed by atoms with E-state index in [9.17, 15) is 19.9 Å². The monoisotopic (exact) mass is 507 g/mol. The number of aliphatic hydroxyl groups is 2. The zero-order chi connectivity index (χ0) is 24.7. The molecule has 35 heavy (non-hydrogen) atoms. The molecule has 0 saturated carbocycles. The molecule has 0 fully saturated rings. The van der Waals surface area contributed by atoms with Crippen molar-refractivity contribution in [1.29, 1.82) is 0 Å². The first-order valence-corrected chi connectivity index (χ1v) is 13.7. The second-order valence-corrected chi connectivity index (χ2v) is 10.2. The Bertz CT molecular complexity index is 1030. The van der Waals surface area contributed by atoms with Gasteiger partial charge in [0.15, 0.2) is 17.2 Å². The number of phosphoric ester groups is 1. The minimum Gasteiger partial charge on any atom is -0.504 e. The lowest BCUT2D eigenvalue weighted by Crippen LogP contribution is -2.24. The van der Waals surface area contributed by atoms with Gasteiger partial charge in [-0.2, -0.15) is 4.57 Å². The van der Waals surface area contributed by atoms with Crippen LogP contribution in [0.3, 0.4) is 0 Å². The van der Waals surface area contributed by atoms with E-state index in [0.717, 1.165) is 64.7 Å². The minimum absolute atomic E-state index is 0.0126. The Morgan fingerprint density at radius 3 is 2.37 bits per heavy atom. The van der Waals surface area contributed by atoms with Crippen LogP contribution < -0.4 is 18.9 Å². The van der Waals surface area contributed by atoms with E-state index >= 15 is 0 Å². The van der Waals surface area contributed by atoms with E-state index in [0.29, 0.717) is 0 Å². The van der Waals surface area contributed by atoms with Crippen LogP contribution in [-0.4, -0.2) is 41.6 Å². The Hall–Kier alpha value is -2.29. The summed E-state index contributed by atoms with van der Waals surface area (Å²) in [4.78, 5) is 0. The van der Waals surface area contributed by atoms with Crippen LogP contribution in [0, 0.1) is 0 Å². The summed E-state index contributed by atoms with van der Waals surface area (Å²) in [6.07, 6.45) is 6.39. The van der Waals surface area contributed by atoms with Crippen LogP contribution in [0.1, 0.15) is 61.3 Å². The Morgan fingerprint density at radius 2 is 1.60 bits per heavy atom. The number of aromatic hydroxyl groups is 1. The van der Waals surface area contributed by atoms with Gasteiger partial charge in [-0.1, -0.05) is 43.2 Å². The Balaban J connectivity index is 1.06. The first-order valence-electron chi connectivity index (χ1n) is 12.2. The van der Waals surface area contributed by atoms with E-state index in [2.05, 4.69) is 29.6 Å². The number of nitrogens with one attached hydrogen (secondary N) is 1. The van der Waals surface area contributed by atoms with Crippen LogP contribution >= 0.6 is 7.82 Å². The van der Waals surface area contributed by atoms with Gasteiger partial charge >= 0.3 is 7.82 Å². The van der Waals surface area contributed by atoms with Crippen LogP contribution in [0.2, 0.25) is 0 Å². The fourth-order valence-corrected chi connectivity index (χ4v) is 5.63. The molecule has 9 nitrogen and oxygen atoms in total. The number of rotatable bonds is 16. The van der Waals surface area contributed by atoms with Crippen LogP contribution in [0.4, 0.5) is 0 Å². The molecule has 10 heteroatoms. The Labute approximate surface area is 205 Å². The number of aliphatic hydroxyl groups excluding tert-OH is 2. The second kappa shape index (κ2) is 12.1. The van der Waals surface area contributed by atoms with E-state index < -0.39 is 20.5 Å². The van der Waals surface area contributed by atoms with Crippen molar-refractivity contribution in [2.24, 2.45) is 0 Å². The molecule has 0 spiro atoms. The fraction of sp³-hybridized carbons (Fsp3) is 0.520. The predicted octanol–water partition coefficient (Wildman–Crippen LogP) is 4.38. The van der Waals surface area contributed by atoms with Crippen LogP contribution in [0.15, 0.2) is 30.3 Å². The number of fused-ring (bicyclic) bond motifs is 2. The average Bonchev–Trinajstić information content (AvgIpc) is 3.08. The number of aryl methyl sites for hydroxylation is 1. The molecular formula is C25H34NO8P. The molecule has 0 aliphatic carbocycles. The van der Waals surface area contributed by atoms with Gasteiger partial charge in [-0.25, -0.2) is 0 Å². The van der Waals surface area contributed by atoms with Crippen molar-refractivity contribution in [1.82, 2.24) is 5.32 Å². The van der Waals surface area contributed by atoms with Crippen molar-refractivity contribution in [3.05, 3.63) is 47.0 Å². The molecule has 3 bridgehead atoms.